The molecule has 8 heteroatoms. The van der Waals surface area contributed by atoms with Crippen molar-refractivity contribution < 1.29 is 9.53 Å². The summed E-state index contributed by atoms with van der Waals surface area (Å²) in [6.07, 6.45) is 5.69. The zero-order chi connectivity index (χ0) is 25.1. The summed E-state index contributed by atoms with van der Waals surface area (Å²) in [5.74, 6) is -0.197. The van der Waals surface area contributed by atoms with Crippen LogP contribution in [0.2, 0.25) is 0 Å². The van der Waals surface area contributed by atoms with Gasteiger partial charge in [0.15, 0.2) is 0 Å². The molecule has 1 fully saturated rings. The summed E-state index contributed by atoms with van der Waals surface area (Å²) in [7, 11) is 1.88. The van der Waals surface area contributed by atoms with Crippen molar-refractivity contribution in [2.24, 2.45) is 7.05 Å². The minimum Gasteiger partial charge on any atom is -0.381 e. The van der Waals surface area contributed by atoms with Crippen LogP contribution in [0.4, 0.5) is 5.69 Å². The minimum atomic E-state index is -0.197. The third-order valence-electron chi connectivity index (χ3n) is 6.86. The van der Waals surface area contributed by atoms with Gasteiger partial charge in [-0.15, -0.1) is 0 Å². The zero-order valence-corrected chi connectivity index (χ0v) is 21.3. The standard InChI is InChI=1S/C27H35N5O3/c1-6-32(22-7-9-35-10-8-22)25-13-20(21-14-29-31(5)16-21)12-23(19(25)4)26(33)28-15-24-17(2)11-18(3)30-27(24)34/h11-14,16,22H,6-10,15H2,1-5H3,(H,28,33)(H,30,34). The van der Waals surface area contributed by atoms with Crippen molar-refractivity contribution >= 4 is 11.6 Å². The van der Waals surface area contributed by atoms with E-state index in [0.29, 0.717) is 17.2 Å². The average molecular weight is 478 g/mol. The number of ether oxygens (including phenoxy) is 1. The van der Waals surface area contributed by atoms with Gasteiger partial charge >= 0.3 is 0 Å². The summed E-state index contributed by atoms with van der Waals surface area (Å²) in [5.41, 5.74) is 6.56. The first kappa shape index (κ1) is 24.7. The number of aryl methyl sites for hydroxylation is 3. The summed E-state index contributed by atoms with van der Waals surface area (Å²) in [6, 6.07) is 6.37. The molecule has 0 bridgehead atoms. The van der Waals surface area contributed by atoms with Gasteiger partial charge in [0.05, 0.1) is 6.20 Å². The van der Waals surface area contributed by atoms with Crippen molar-refractivity contribution in [2.75, 3.05) is 24.7 Å². The van der Waals surface area contributed by atoms with Gasteiger partial charge in [-0.25, -0.2) is 0 Å². The first-order valence-electron chi connectivity index (χ1n) is 12.2. The molecule has 2 N–H and O–H groups in total. The molecule has 1 aromatic carbocycles. The maximum atomic E-state index is 13.5. The number of H-pyrrole nitrogens is 1. The monoisotopic (exact) mass is 477 g/mol. The molecular formula is C27H35N5O3. The molecule has 3 heterocycles. The van der Waals surface area contributed by atoms with Crippen LogP contribution in [0.15, 0.2) is 35.4 Å². The van der Waals surface area contributed by atoms with Gasteiger partial charge in [0.1, 0.15) is 0 Å². The number of anilines is 1. The van der Waals surface area contributed by atoms with E-state index in [1.54, 1.807) is 4.68 Å². The number of hydrogen-bond acceptors (Lipinski definition) is 5. The number of carbonyl (C=O) groups excluding carboxylic acids is 1. The van der Waals surface area contributed by atoms with Gasteiger partial charge in [-0.1, -0.05) is 0 Å². The number of benzene rings is 1. The SMILES string of the molecule is CCN(c1cc(-c2cnn(C)c2)cc(C(=O)NCc2c(C)cc(C)[nH]c2=O)c1C)C1CCOCC1. The van der Waals surface area contributed by atoms with E-state index in [1.165, 1.54) is 0 Å². The van der Waals surface area contributed by atoms with Crippen LogP contribution in [0.5, 0.6) is 0 Å². The highest BCUT2D eigenvalue weighted by Crippen LogP contribution is 2.33. The maximum Gasteiger partial charge on any atom is 0.253 e. The minimum absolute atomic E-state index is 0.166. The highest BCUT2D eigenvalue weighted by Gasteiger charge is 2.25. The molecule has 186 valence electrons. The molecule has 3 aromatic rings. The summed E-state index contributed by atoms with van der Waals surface area (Å²) in [6.45, 7) is 10.4. The molecule has 1 amide bonds. The number of carbonyl (C=O) groups is 1. The molecule has 4 rings (SSSR count). The van der Waals surface area contributed by atoms with Crippen molar-refractivity contribution in [1.82, 2.24) is 20.1 Å². The van der Waals surface area contributed by atoms with Gasteiger partial charge in [-0.05, 0) is 75.4 Å². The van der Waals surface area contributed by atoms with Crippen LogP contribution < -0.4 is 15.8 Å². The van der Waals surface area contributed by atoms with E-state index in [0.717, 1.165) is 66.2 Å². The summed E-state index contributed by atoms with van der Waals surface area (Å²) >= 11 is 0. The predicted molar refractivity (Wildman–Crippen MR) is 138 cm³/mol. The van der Waals surface area contributed by atoms with E-state index < -0.39 is 0 Å². The number of aromatic amines is 1. The van der Waals surface area contributed by atoms with Crippen molar-refractivity contribution in [2.45, 2.75) is 53.1 Å². The Morgan fingerprint density at radius 1 is 1.20 bits per heavy atom. The Morgan fingerprint density at radius 2 is 1.94 bits per heavy atom. The molecular weight excluding hydrogens is 442 g/mol. The first-order chi connectivity index (χ1) is 16.8. The predicted octanol–water partition coefficient (Wildman–Crippen LogP) is 3.64. The van der Waals surface area contributed by atoms with E-state index in [9.17, 15) is 9.59 Å². The maximum absolute atomic E-state index is 13.5. The lowest BCUT2D eigenvalue weighted by Crippen LogP contribution is -2.40. The second-order valence-electron chi connectivity index (χ2n) is 9.33. The molecule has 0 radical (unpaired) electrons. The Hall–Kier alpha value is -3.39. The molecule has 0 aliphatic carbocycles. The molecule has 0 unspecified atom stereocenters. The lowest BCUT2D eigenvalue weighted by Gasteiger charge is -2.37. The van der Waals surface area contributed by atoms with Crippen LogP contribution in [-0.4, -0.2) is 46.5 Å². The molecule has 1 aliphatic heterocycles. The van der Waals surface area contributed by atoms with Crippen LogP contribution in [0.3, 0.4) is 0 Å². The fourth-order valence-electron chi connectivity index (χ4n) is 4.96. The van der Waals surface area contributed by atoms with Crippen molar-refractivity contribution in [3.63, 3.8) is 0 Å². The van der Waals surface area contributed by atoms with E-state index >= 15 is 0 Å². The number of nitrogens with zero attached hydrogens (tertiary/aromatic N) is 3. The molecule has 8 nitrogen and oxygen atoms in total. The number of nitrogens with one attached hydrogen (secondary N) is 2. The smallest absolute Gasteiger partial charge is 0.253 e. The number of amides is 1. The highest BCUT2D eigenvalue weighted by atomic mass is 16.5. The average Bonchev–Trinajstić information content (AvgIpc) is 3.26. The summed E-state index contributed by atoms with van der Waals surface area (Å²) < 4.78 is 7.35. The lowest BCUT2D eigenvalue weighted by atomic mass is 9.96. The van der Waals surface area contributed by atoms with Gasteiger partial charge in [0.25, 0.3) is 11.5 Å². The van der Waals surface area contributed by atoms with Crippen LogP contribution in [0.1, 0.15) is 52.5 Å². The van der Waals surface area contributed by atoms with E-state index in [1.807, 2.05) is 52.3 Å². The van der Waals surface area contributed by atoms with Gasteiger partial charge in [0.2, 0.25) is 0 Å². The second kappa shape index (κ2) is 10.5. The number of aromatic nitrogens is 3. The Morgan fingerprint density at radius 3 is 2.57 bits per heavy atom. The van der Waals surface area contributed by atoms with Crippen molar-refractivity contribution in [3.05, 3.63) is 68.9 Å². The lowest BCUT2D eigenvalue weighted by molar-refractivity contribution is 0.0846. The van der Waals surface area contributed by atoms with Crippen molar-refractivity contribution in [1.29, 1.82) is 0 Å². The Balaban J connectivity index is 1.71. The van der Waals surface area contributed by atoms with E-state index in [2.05, 4.69) is 33.3 Å². The zero-order valence-electron chi connectivity index (χ0n) is 21.3. The molecule has 35 heavy (non-hydrogen) atoms. The number of pyridine rings is 1. The quantitative estimate of drug-likeness (QED) is 0.542. The summed E-state index contributed by atoms with van der Waals surface area (Å²) in [4.78, 5) is 31.1. The third-order valence-corrected chi connectivity index (χ3v) is 6.86. The first-order valence-corrected chi connectivity index (χ1v) is 12.2. The normalized spacial score (nSPS) is 14.2. The van der Waals surface area contributed by atoms with Gasteiger partial charge in [-0.3, -0.25) is 14.3 Å². The van der Waals surface area contributed by atoms with Gasteiger partial charge < -0.3 is 19.9 Å². The van der Waals surface area contributed by atoms with Gasteiger partial charge in [0, 0.05) is 73.7 Å². The van der Waals surface area contributed by atoms with E-state index in [-0.39, 0.29) is 18.0 Å². The molecule has 1 aliphatic rings. The molecule has 0 atom stereocenters. The van der Waals surface area contributed by atoms with Gasteiger partial charge in [-0.2, -0.15) is 5.10 Å². The van der Waals surface area contributed by atoms with Crippen LogP contribution >= 0.6 is 0 Å². The van der Waals surface area contributed by atoms with Crippen LogP contribution in [0.25, 0.3) is 11.1 Å². The van der Waals surface area contributed by atoms with E-state index in [4.69, 9.17) is 4.74 Å². The molecule has 2 aromatic heterocycles. The number of hydrogen-bond donors (Lipinski definition) is 2. The number of rotatable bonds is 7. The topological polar surface area (TPSA) is 92.3 Å². The summed E-state index contributed by atoms with van der Waals surface area (Å²) in [5, 5.41) is 7.31. The second-order valence-corrected chi connectivity index (χ2v) is 9.33. The highest BCUT2D eigenvalue weighted by molar-refractivity contribution is 5.98. The fraction of sp³-hybridized carbons (Fsp3) is 0.444. The Bertz CT molecular complexity index is 1270. The fourth-order valence-corrected chi connectivity index (χ4v) is 4.96. The largest absolute Gasteiger partial charge is 0.381 e. The molecule has 1 saturated heterocycles. The Kier molecular flexibility index (Phi) is 7.40. The van der Waals surface area contributed by atoms with Crippen LogP contribution in [-0.2, 0) is 18.3 Å². The molecule has 0 spiro atoms. The molecule has 0 saturated carbocycles. The van der Waals surface area contributed by atoms with Crippen LogP contribution in [0, 0.1) is 20.8 Å². The van der Waals surface area contributed by atoms with Crippen molar-refractivity contribution in [3.8, 4) is 11.1 Å². The third kappa shape index (κ3) is 5.32. The Labute approximate surface area is 206 Å².